The van der Waals surface area contributed by atoms with Crippen molar-refractivity contribution in [3.8, 4) is 0 Å². The van der Waals surface area contributed by atoms with E-state index in [1.807, 2.05) is 13.8 Å². The van der Waals surface area contributed by atoms with E-state index in [1.54, 1.807) is 13.2 Å². The second-order valence-corrected chi connectivity index (χ2v) is 8.31. The first-order valence-electron chi connectivity index (χ1n) is 10.6. The van der Waals surface area contributed by atoms with Crippen molar-refractivity contribution in [2.45, 2.75) is 26.7 Å². The Morgan fingerprint density at radius 3 is 2.59 bits per heavy atom. The molecule has 172 valence electrons. The highest BCUT2D eigenvalue weighted by atomic mass is 16.5. The Morgan fingerprint density at radius 2 is 2.03 bits per heavy atom. The number of rotatable bonds is 8. The van der Waals surface area contributed by atoms with Crippen LogP contribution in [-0.4, -0.2) is 58.4 Å². The van der Waals surface area contributed by atoms with E-state index in [9.17, 15) is 14.7 Å². The smallest absolute Gasteiger partial charge is 0.354 e. The number of carboxylic acids is 1. The van der Waals surface area contributed by atoms with E-state index in [0.717, 1.165) is 25.9 Å². The highest BCUT2D eigenvalue weighted by molar-refractivity contribution is 6.09. The number of hydrogen-bond donors (Lipinski definition) is 3. The number of aromatic carboxylic acids is 1. The summed E-state index contributed by atoms with van der Waals surface area (Å²) in [4.78, 5) is 30.0. The molecule has 0 radical (unpaired) electrons. The highest BCUT2D eigenvalue weighted by Crippen LogP contribution is 2.34. The number of nitrogens with zero attached hydrogens (tertiary/aromatic N) is 4. The lowest BCUT2D eigenvalue weighted by Crippen LogP contribution is -2.36. The van der Waals surface area contributed by atoms with Crippen LogP contribution in [0.4, 0.5) is 17.3 Å². The molecule has 3 rings (SSSR count). The summed E-state index contributed by atoms with van der Waals surface area (Å²) in [6.07, 6.45) is 1.83. The SMILES string of the molecule is COCC1CCN(c2cc(C(=O)O)nc(Nc3ccc(=O)n(C)n3)c2C(=N)C(C)C)CC1. The summed E-state index contributed by atoms with van der Waals surface area (Å²) < 4.78 is 6.47. The van der Waals surface area contributed by atoms with Crippen LogP contribution in [0, 0.1) is 17.2 Å². The third-order valence-corrected chi connectivity index (χ3v) is 5.63. The second kappa shape index (κ2) is 9.90. The summed E-state index contributed by atoms with van der Waals surface area (Å²) in [5.41, 5.74) is 1.17. The van der Waals surface area contributed by atoms with Gasteiger partial charge in [0.2, 0.25) is 0 Å². The van der Waals surface area contributed by atoms with Crippen molar-refractivity contribution in [2.24, 2.45) is 18.9 Å². The molecule has 0 bridgehead atoms. The van der Waals surface area contributed by atoms with Gasteiger partial charge in [0.05, 0.1) is 11.3 Å². The summed E-state index contributed by atoms with van der Waals surface area (Å²) >= 11 is 0. The van der Waals surface area contributed by atoms with Gasteiger partial charge < -0.3 is 25.5 Å². The molecule has 3 heterocycles. The fourth-order valence-electron chi connectivity index (χ4n) is 3.80. The van der Waals surface area contributed by atoms with Crippen molar-refractivity contribution < 1.29 is 14.6 Å². The number of aryl methyl sites for hydroxylation is 1. The van der Waals surface area contributed by atoms with Gasteiger partial charge in [0.25, 0.3) is 5.56 Å². The molecule has 0 amide bonds. The van der Waals surface area contributed by atoms with Crippen LogP contribution < -0.4 is 15.8 Å². The van der Waals surface area contributed by atoms with E-state index in [-0.39, 0.29) is 23.0 Å². The lowest BCUT2D eigenvalue weighted by Gasteiger charge is -2.35. The molecular formula is C22H30N6O4. The number of carboxylic acid groups (broad SMARTS) is 1. The maximum Gasteiger partial charge on any atom is 0.354 e. The van der Waals surface area contributed by atoms with E-state index in [0.29, 0.717) is 35.3 Å². The molecule has 0 aromatic carbocycles. The number of pyridine rings is 1. The average molecular weight is 443 g/mol. The monoisotopic (exact) mass is 442 g/mol. The Hall–Kier alpha value is -3.27. The summed E-state index contributed by atoms with van der Waals surface area (Å²) in [7, 11) is 3.23. The van der Waals surface area contributed by atoms with E-state index >= 15 is 0 Å². The first-order valence-corrected chi connectivity index (χ1v) is 10.6. The summed E-state index contributed by atoms with van der Waals surface area (Å²) in [6.45, 7) is 5.98. The fraction of sp³-hybridized carbons (Fsp3) is 0.500. The highest BCUT2D eigenvalue weighted by Gasteiger charge is 2.27. The van der Waals surface area contributed by atoms with Gasteiger partial charge >= 0.3 is 5.97 Å². The average Bonchev–Trinajstić information content (AvgIpc) is 2.76. The minimum absolute atomic E-state index is 0.106. The Morgan fingerprint density at radius 1 is 1.34 bits per heavy atom. The van der Waals surface area contributed by atoms with Crippen LogP contribution in [0.25, 0.3) is 0 Å². The predicted molar refractivity (Wildman–Crippen MR) is 122 cm³/mol. The van der Waals surface area contributed by atoms with Crippen LogP contribution in [0.1, 0.15) is 42.7 Å². The quantitative estimate of drug-likeness (QED) is 0.531. The molecule has 1 fully saturated rings. The van der Waals surface area contributed by atoms with Gasteiger partial charge in [0, 0.05) is 45.6 Å². The van der Waals surface area contributed by atoms with Crippen LogP contribution in [0.2, 0.25) is 0 Å². The number of hydrogen-bond acceptors (Lipinski definition) is 8. The molecule has 32 heavy (non-hydrogen) atoms. The van der Waals surface area contributed by atoms with Crippen LogP contribution in [0.3, 0.4) is 0 Å². The van der Waals surface area contributed by atoms with Gasteiger partial charge in [0.15, 0.2) is 11.5 Å². The Labute approximate surface area is 186 Å². The van der Waals surface area contributed by atoms with Gasteiger partial charge in [0.1, 0.15) is 5.82 Å². The number of nitrogens with one attached hydrogen (secondary N) is 2. The summed E-state index contributed by atoms with van der Waals surface area (Å²) in [5, 5.41) is 25.7. The van der Waals surface area contributed by atoms with Crippen molar-refractivity contribution in [1.82, 2.24) is 14.8 Å². The van der Waals surface area contributed by atoms with Gasteiger partial charge in [-0.3, -0.25) is 4.79 Å². The molecule has 3 N–H and O–H groups in total. The number of ether oxygens (including phenoxy) is 1. The molecule has 2 aromatic rings. The lowest BCUT2D eigenvalue weighted by molar-refractivity contribution is 0.0690. The van der Waals surface area contributed by atoms with Crippen molar-refractivity contribution >= 4 is 29.0 Å². The lowest BCUT2D eigenvalue weighted by atomic mass is 9.94. The Bertz CT molecular complexity index is 1060. The summed E-state index contributed by atoms with van der Waals surface area (Å²) in [6, 6.07) is 4.42. The van der Waals surface area contributed by atoms with Crippen LogP contribution in [-0.2, 0) is 11.8 Å². The van der Waals surface area contributed by atoms with Gasteiger partial charge in [-0.15, -0.1) is 0 Å². The molecule has 1 saturated heterocycles. The second-order valence-electron chi connectivity index (χ2n) is 8.31. The molecule has 0 spiro atoms. The number of methoxy groups -OCH3 is 1. The minimum Gasteiger partial charge on any atom is -0.477 e. The van der Waals surface area contributed by atoms with E-state index in [4.69, 9.17) is 10.1 Å². The predicted octanol–water partition coefficient (Wildman–Crippen LogP) is 2.50. The minimum atomic E-state index is -1.15. The molecule has 1 aliphatic heterocycles. The topological polar surface area (TPSA) is 133 Å². The van der Waals surface area contributed by atoms with Gasteiger partial charge in [-0.25, -0.2) is 14.5 Å². The maximum absolute atomic E-state index is 11.9. The van der Waals surface area contributed by atoms with Gasteiger partial charge in [-0.1, -0.05) is 13.8 Å². The maximum atomic E-state index is 11.9. The Balaban J connectivity index is 2.10. The number of anilines is 3. The largest absolute Gasteiger partial charge is 0.477 e. The standard InChI is InChI=1S/C22H30N6O4/c1-13(2)20(23)19-16(28-9-7-14(8-10-28)12-32-4)11-15(22(30)31)24-21(19)25-17-5-6-18(29)27(3)26-17/h5-6,11,13-14,23H,7-10,12H2,1-4H3,(H,30,31)(H,24,25,26). The van der Waals surface area contributed by atoms with Gasteiger partial charge in [-0.2, -0.15) is 5.10 Å². The van der Waals surface area contributed by atoms with Crippen molar-refractivity contribution in [2.75, 3.05) is 37.0 Å². The number of aromatic nitrogens is 3. The molecule has 2 aromatic heterocycles. The molecule has 0 unspecified atom stereocenters. The molecule has 0 saturated carbocycles. The third kappa shape index (κ3) is 5.13. The van der Waals surface area contributed by atoms with Crippen molar-refractivity contribution in [1.29, 1.82) is 5.41 Å². The first kappa shape index (κ1) is 23.4. The van der Waals surface area contributed by atoms with Crippen molar-refractivity contribution in [3.63, 3.8) is 0 Å². The molecule has 10 heteroatoms. The first-order chi connectivity index (χ1) is 15.2. The molecule has 0 aliphatic carbocycles. The van der Waals surface area contributed by atoms with E-state index in [2.05, 4.69) is 20.3 Å². The van der Waals surface area contributed by atoms with Gasteiger partial charge in [-0.05, 0) is 36.8 Å². The van der Waals surface area contributed by atoms with Crippen LogP contribution in [0.5, 0.6) is 0 Å². The summed E-state index contributed by atoms with van der Waals surface area (Å²) in [5.74, 6) is -0.226. The molecular weight excluding hydrogens is 412 g/mol. The molecule has 0 atom stereocenters. The number of carbonyl (C=O) groups is 1. The van der Waals surface area contributed by atoms with Crippen molar-refractivity contribution in [3.05, 3.63) is 39.8 Å². The Kier molecular flexibility index (Phi) is 7.24. The fourth-order valence-corrected chi connectivity index (χ4v) is 3.80. The van der Waals surface area contributed by atoms with E-state index in [1.165, 1.54) is 23.9 Å². The van der Waals surface area contributed by atoms with Crippen LogP contribution in [0.15, 0.2) is 23.0 Å². The number of piperidine rings is 1. The zero-order valence-corrected chi connectivity index (χ0v) is 18.9. The third-order valence-electron chi connectivity index (χ3n) is 5.63. The van der Waals surface area contributed by atoms with E-state index < -0.39 is 5.97 Å². The normalized spacial score (nSPS) is 14.6. The zero-order valence-electron chi connectivity index (χ0n) is 18.9. The molecule has 1 aliphatic rings. The molecule has 10 nitrogen and oxygen atoms in total. The zero-order chi connectivity index (χ0) is 23.4. The van der Waals surface area contributed by atoms with Crippen LogP contribution >= 0.6 is 0 Å².